The predicted octanol–water partition coefficient (Wildman–Crippen LogP) is 3.95. The fourth-order valence-electron chi connectivity index (χ4n) is 3.92. The zero-order valence-corrected chi connectivity index (χ0v) is 19.1. The molecule has 11 heteroatoms. The average molecular weight is 465 g/mol. The third-order valence-corrected chi connectivity index (χ3v) is 6.23. The Morgan fingerprint density at radius 3 is 2.61 bits per heavy atom. The molecular weight excluding hydrogens is 439 g/mol. The van der Waals surface area contributed by atoms with Gasteiger partial charge >= 0.3 is 0 Å². The molecule has 166 valence electrons. The van der Waals surface area contributed by atoms with E-state index in [2.05, 4.69) is 25.7 Å². The molecule has 0 aromatic carbocycles. The second-order valence-corrected chi connectivity index (χ2v) is 8.69. The van der Waals surface area contributed by atoms with Crippen LogP contribution in [0.15, 0.2) is 6.20 Å². The van der Waals surface area contributed by atoms with E-state index in [1.165, 1.54) is 6.20 Å². The van der Waals surface area contributed by atoms with Gasteiger partial charge in [-0.05, 0) is 39.5 Å². The van der Waals surface area contributed by atoms with Gasteiger partial charge in [0, 0.05) is 31.7 Å². The number of carbonyl (C=O) groups excluding carboxylic acids is 1. The number of rotatable bonds is 7. The van der Waals surface area contributed by atoms with E-state index in [4.69, 9.17) is 28.6 Å². The monoisotopic (exact) mass is 464 g/mol. The maximum atomic E-state index is 12.3. The number of nitrogens with zero attached hydrogens (tertiary/aromatic N) is 5. The maximum absolute atomic E-state index is 12.3. The Balaban J connectivity index is 1.49. The van der Waals surface area contributed by atoms with Crippen LogP contribution in [0.4, 0.5) is 17.5 Å². The summed E-state index contributed by atoms with van der Waals surface area (Å²) in [5.74, 6) is 1.38. The predicted molar refractivity (Wildman–Crippen MR) is 122 cm³/mol. The molecule has 1 saturated heterocycles. The molecule has 0 atom stereocenters. The molecule has 3 N–H and O–H groups in total. The van der Waals surface area contributed by atoms with Gasteiger partial charge in [0.1, 0.15) is 16.7 Å². The highest BCUT2D eigenvalue weighted by Crippen LogP contribution is 2.35. The summed E-state index contributed by atoms with van der Waals surface area (Å²) in [6.45, 7) is 6.02. The van der Waals surface area contributed by atoms with E-state index in [1.54, 1.807) is 0 Å². The molecule has 9 nitrogen and oxygen atoms in total. The van der Waals surface area contributed by atoms with Crippen molar-refractivity contribution in [1.82, 2.24) is 24.6 Å². The van der Waals surface area contributed by atoms with Crippen LogP contribution >= 0.6 is 23.2 Å². The van der Waals surface area contributed by atoms with E-state index >= 15 is 0 Å². The molecule has 1 aliphatic carbocycles. The lowest BCUT2D eigenvalue weighted by atomic mass is 10.0. The topological polar surface area (TPSA) is 112 Å². The molecule has 2 fully saturated rings. The fourth-order valence-corrected chi connectivity index (χ4v) is 4.32. The molecular formula is C20H26Cl2N8O. The quantitative estimate of drug-likeness (QED) is 0.534. The van der Waals surface area contributed by atoms with Gasteiger partial charge in [0.25, 0.3) is 0 Å². The number of halogens is 2. The molecule has 31 heavy (non-hydrogen) atoms. The Bertz CT molecular complexity index is 995. The first-order valence-electron chi connectivity index (χ1n) is 10.5. The number of carbonyl (C=O) groups is 1. The van der Waals surface area contributed by atoms with Gasteiger partial charge in [0.05, 0.1) is 17.3 Å². The van der Waals surface area contributed by atoms with Gasteiger partial charge in [0.15, 0.2) is 5.15 Å². The van der Waals surface area contributed by atoms with E-state index in [1.807, 2.05) is 23.4 Å². The van der Waals surface area contributed by atoms with Crippen molar-refractivity contribution in [2.75, 3.05) is 30.3 Å². The SMILES string of the molecule is CCNc1nc(Nc2c(Cl)nn(C3CCN(C(=O)C4CC4)CC3)c2C)ncc1C(=N)Cl. The molecule has 1 amide bonds. The first kappa shape index (κ1) is 21.8. The van der Waals surface area contributed by atoms with E-state index in [0.717, 1.165) is 44.5 Å². The molecule has 0 spiro atoms. The summed E-state index contributed by atoms with van der Waals surface area (Å²) in [6.07, 6.45) is 5.27. The summed E-state index contributed by atoms with van der Waals surface area (Å²) < 4.78 is 1.94. The molecule has 2 aromatic rings. The minimum absolute atomic E-state index is 0.129. The van der Waals surface area contributed by atoms with Crippen LogP contribution in [0.1, 0.15) is 49.9 Å². The standard InChI is InChI=1S/C20H26Cl2N8O/c1-3-24-18-14(16(21)23)10-25-20(27-18)26-15-11(2)30(28-17(15)22)13-6-8-29(9-7-13)19(31)12-4-5-12/h10,12-13,23H,3-9H2,1-2H3,(H2,24,25,26,27). The van der Waals surface area contributed by atoms with Crippen molar-refractivity contribution in [3.8, 4) is 0 Å². The van der Waals surface area contributed by atoms with Crippen molar-refractivity contribution < 1.29 is 4.79 Å². The van der Waals surface area contributed by atoms with E-state index in [-0.39, 0.29) is 17.1 Å². The second-order valence-electron chi connectivity index (χ2n) is 7.95. The molecule has 2 aliphatic rings. The van der Waals surface area contributed by atoms with Crippen LogP contribution < -0.4 is 10.6 Å². The van der Waals surface area contributed by atoms with Gasteiger partial charge in [-0.2, -0.15) is 10.1 Å². The van der Waals surface area contributed by atoms with Crippen molar-refractivity contribution in [3.63, 3.8) is 0 Å². The Labute approximate surface area is 191 Å². The van der Waals surface area contributed by atoms with Crippen molar-refractivity contribution in [2.24, 2.45) is 5.92 Å². The smallest absolute Gasteiger partial charge is 0.229 e. The molecule has 1 saturated carbocycles. The van der Waals surface area contributed by atoms with Crippen LogP contribution in [0, 0.1) is 18.3 Å². The number of nitrogens with one attached hydrogen (secondary N) is 3. The second kappa shape index (κ2) is 9.00. The van der Waals surface area contributed by atoms with Gasteiger partial charge in [-0.25, -0.2) is 4.98 Å². The highest BCUT2D eigenvalue weighted by atomic mass is 35.5. The van der Waals surface area contributed by atoms with Crippen molar-refractivity contribution in [3.05, 3.63) is 22.6 Å². The largest absolute Gasteiger partial charge is 0.370 e. The lowest BCUT2D eigenvalue weighted by Gasteiger charge is -2.32. The molecule has 0 unspecified atom stereocenters. The molecule has 0 bridgehead atoms. The summed E-state index contributed by atoms with van der Waals surface area (Å²) >= 11 is 12.3. The van der Waals surface area contributed by atoms with Crippen molar-refractivity contribution >= 4 is 51.7 Å². The summed E-state index contributed by atoms with van der Waals surface area (Å²) in [6, 6.07) is 0.189. The molecule has 0 radical (unpaired) electrons. The van der Waals surface area contributed by atoms with Crippen LogP contribution in [0.3, 0.4) is 0 Å². The summed E-state index contributed by atoms with van der Waals surface area (Å²) in [5.41, 5.74) is 1.97. The lowest BCUT2D eigenvalue weighted by Crippen LogP contribution is -2.40. The average Bonchev–Trinajstić information content (AvgIpc) is 3.56. The third-order valence-electron chi connectivity index (χ3n) is 5.76. The number of anilines is 3. The van der Waals surface area contributed by atoms with Crippen LogP contribution in [-0.2, 0) is 4.79 Å². The molecule has 4 rings (SSSR count). The van der Waals surface area contributed by atoms with Crippen molar-refractivity contribution in [1.29, 1.82) is 5.41 Å². The van der Waals surface area contributed by atoms with Gasteiger partial charge < -0.3 is 15.5 Å². The Morgan fingerprint density at radius 1 is 1.29 bits per heavy atom. The minimum Gasteiger partial charge on any atom is -0.370 e. The van der Waals surface area contributed by atoms with E-state index in [0.29, 0.717) is 40.6 Å². The van der Waals surface area contributed by atoms with Crippen molar-refractivity contribution in [2.45, 2.75) is 45.6 Å². The summed E-state index contributed by atoms with van der Waals surface area (Å²) in [4.78, 5) is 23.0. The number of aromatic nitrogens is 4. The third kappa shape index (κ3) is 4.62. The van der Waals surface area contributed by atoms with Gasteiger partial charge in [-0.3, -0.25) is 14.9 Å². The maximum Gasteiger partial charge on any atom is 0.229 e. The van der Waals surface area contributed by atoms with Gasteiger partial charge in [-0.1, -0.05) is 23.2 Å². The number of amides is 1. The van der Waals surface area contributed by atoms with E-state index in [9.17, 15) is 4.79 Å². The van der Waals surface area contributed by atoms with E-state index < -0.39 is 0 Å². The Hall–Kier alpha value is -2.39. The first-order chi connectivity index (χ1) is 14.9. The molecule has 2 aromatic heterocycles. The summed E-state index contributed by atoms with van der Waals surface area (Å²) in [5, 5.41) is 18.7. The van der Waals surface area contributed by atoms with Gasteiger partial charge in [-0.15, -0.1) is 0 Å². The lowest BCUT2D eigenvalue weighted by molar-refractivity contribution is -0.133. The highest BCUT2D eigenvalue weighted by molar-refractivity contribution is 6.69. The number of likely N-dealkylation sites (tertiary alicyclic amines) is 1. The first-order valence-corrected chi connectivity index (χ1v) is 11.3. The molecule has 3 heterocycles. The molecule has 1 aliphatic heterocycles. The van der Waals surface area contributed by atoms with Crippen LogP contribution in [0.5, 0.6) is 0 Å². The Morgan fingerprint density at radius 2 is 2.00 bits per heavy atom. The Kier molecular flexibility index (Phi) is 6.34. The zero-order valence-electron chi connectivity index (χ0n) is 17.6. The zero-order chi connectivity index (χ0) is 22.1. The van der Waals surface area contributed by atoms with Gasteiger partial charge in [0.2, 0.25) is 11.9 Å². The summed E-state index contributed by atoms with van der Waals surface area (Å²) in [7, 11) is 0. The van der Waals surface area contributed by atoms with Crippen LogP contribution in [0.2, 0.25) is 5.15 Å². The number of piperidine rings is 1. The van der Waals surface area contributed by atoms with Crippen LogP contribution in [0.25, 0.3) is 0 Å². The number of hydrogen-bond donors (Lipinski definition) is 3. The normalized spacial score (nSPS) is 17.0. The highest BCUT2D eigenvalue weighted by Gasteiger charge is 2.35. The number of hydrogen-bond acceptors (Lipinski definition) is 7. The minimum atomic E-state index is -0.129. The van der Waals surface area contributed by atoms with Crippen LogP contribution in [-0.4, -0.2) is 55.4 Å². The fraction of sp³-hybridized carbons (Fsp3) is 0.550.